The molecule has 0 atom stereocenters. The molecular formula is C12H6Cl4O4. The lowest BCUT2D eigenvalue weighted by molar-refractivity contribution is -0.129. The molecule has 1 aromatic carbocycles. The van der Waals surface area contributed by atoms with Gasteiger partial charge in [-0.1, -0.05) is 59.6 Å². The Kier molecular flexibility index (Phi) is 5.89. The van der Waals surface area contributed by atoms with Crippen LogP contribution in [0, 0.1) is 0 Å². The summed E-state index contributed by atoms with van der Waals surface area (Å²) in [6, 6.07) is 0. The highest BCUT2D eigenvalue weighted by atomic mass is 35.5. The van der Waals surface area contributed by atoms with Gasteiger partial charge in [0.25, 0.3) is 0 Å². The van der Waals surface area contributed by atoms with Crippen LogP contribution in [0.2, 0.25) is 20.1 Å². The second-order valence-corrected chi connectivity index (χ2v) is 4.68. The molecule has 0 aliphatic carbocycles. The zero-order valence-electron chi connectivity index (χ0n) is 9.71. The SMILES string of the molecule is C=CC(=O)Oc1c(Cl)c(Cl)c(Cl)c(OC(=O)C=C)c1Cl. The minimum Gasteiger partial charge on any atom is -0.420 e. The molecule has 106 valence electrons. The predicted molar refractivity (Wildman–Crippen MR) is 78.1 cm³/mol. The summed E-state index contributed by atoms with van der Waals surface area (Å²) >= 11 is 23.5. The first-order valence-corrected chi connectivity index (χ1v) is 6.39. The third-order valence-corrected chi connectivity index (χ3v) is 3.56. The Labute approximate surface area is 134 Å². The zero-order valence-corrected chi connectivity index (χ0v) is 12.7. The normalized spacial score (nSPS) is 9.80. The van der Waals surface area contributed by atoms with Crippen LogP contribution >= 0.6 is 46.4 Å². The fraction of sp³-hybridized carbons (Fsp3) is 0. The van der Waals surface area contributed by atoms with Crippen molar-refractivity contribution in [1.82, 2.24) is 0 Å². The molecule has 8 heteroatoms. The molecule has 0 unspecified atom stereocenters. The smallest absolute Gasteiger partial charge is 0.335 e. The zero-order chi connectivity index (χ0) is 15.4. The average molecular weight is 356 g/mol. The van der Waals surface area contributed by atoms with Gasteiger partial charge >= 0.3 is 11.9 Å². The number of benzene rings is 1. The van der Waals surface area contributed by atoms with E-state index in [4.69, 9.17) is 55.9 Å². The van der Waals surface area contributed by atoms with Gasteiger partial charge in [0.2, 0.25) is 0 Å². The molecule has 0 fully saturated rings. The van der Waals surface area contributed by atoms with Crippen LogP contribution in [-0.2, 0) is 9.59 Å². The summed E-state index contributed by atoms with van der Waals surface area (Å²) in [6.45, 7) is 6.44. The van der Waals surface area contributed by atoms with Crippen LogP contribution in [0.3, 0.4) is 0 Å². The van der Waals surface area contributed by atoms with Gasteiger partial charge in [0.1, 0.15) is 15.1 Å². The van der Waals surface area contributed by atoms with Gasteiger partial charge in [0.05, 0.1) is 5.02 Å². The molecule has 0 radical (unpaired) electrons. The van der Waals surface area contributed by atoms with Gasteiger partial charge in [-0.3, -0.25) is 0 Å². The maximum atomic E-state index is 11.2. The van der Waals surface area contributed by atoms with E-state index in [1.165, 1.54) is 0 Å². The number of rotatable bonds is 4. The van der Waals surface area contributed by atoms with Crippen molar-refractivity contribution in [2.24, 2.45) is 0 Å². The molecule has 0 bridgehead atoms. The number of hydrogen-bond donors (Lipinski definition) is 0. The Hall–Kier alpha value is -1.20. The number of halogens is 4. The van der Waals surface area contributed by atoms with Crippen molar-refractivity contribution in [3.05, 3.63) is 45.4 Å². The van der Waals surface area contributed by atoms with E-state index in [0.717, 1.165) is 12.2 Å². The summed E-state index contributed by atoms with van der Waals surface area (Å²) < 4.78 is 9.67. The average Bonchev–Trinajstić information content (AvgIpc) is 2.45. The maximum Gasteiger partial charge on any atom is 0.335 e. The highest BCUT2D eigenvalue weighted by Crippen LogP contribution is 2.50. The molecule has 0 heterocycles. The second kappa shape index (κ2) is 6.99. The molecule has 0 aliphatic rings. The van der Waals surface area contributed by atoms with E-state index in [-0.39, 0.29) is 31.6 Å². The first-order chi connectivity index (χ1) is 9.33. The summed E-state index contributed by atoms with van der Waals surface area (Å²) in [7, 11) is 0. The van der Waals surface area contributed by atoms with Crippen molar-refractivity contribution in [2.75, 3.05) is 0 Å². The molecule has 0 aromatic heterocycles. The lowest BCUT2D eigenvalue weighted by Gasteiger charge is -2.14. The van der Waals surface area contributed by atoms with Crippen molar-refractivity contribution in [3.8, 4) is 11.5 Å². The van der Waals surface area contributed by atoms with E-state index in [9.17, 15) is 9.59 Å². The van der Waals surface area contributed by atoms with Gasteiger partial charge in [0.15, 0.2) is 11.5 Å². The molecule has 1 aromatic rings. The number of hydrogen-bond acceptors (Lipinski definition) is 4. The van der Waals surface area contributed by atoms with Crippen LogP contribution < -0.4 is 9.47 Å². The number of carbonyl (C=O) groups excluding carboxylic acids is 2. The first kappa shape index (κ1) is 16.9. The summed E-state index contributed by atoms with van der Waals surface area (Å²) in [5.41, 5.74) is 0. The molecule has 1 rings (SSSR count). The Morgan fingerprint density at radius 3 is 1.40 bits per heavy atom. The third-order valence-electron chi connectivity index (χ3n) is 1.92. The van der Waals surface area contributed by atoms with E-state index in [0.29, 0.717) is 0 Å². The van der Waals surface area contributed by atoms with Crippen LogP contribution in [0.1, 0.15) is 0 Å². The maximum absolute atomic E-state index is 11.2. The Morgan fingerprint density at radius 1 is 0.750 bits per heavy atom. The van der Waals surface area contributed by atoms with Gasteiger partial charge in [-0.25, -0.2) is 9.59 Å². The van der Waals surface area contributed by atoms with E-state index >= 15 is 0 Å². The summed E-state index contributed by atoms with van der Waals surface area (Å²) in [5.74, 6) is -2.24. The Bertz CT molecular complexity index is 561. The Morgan fingerprint density at radius 2 is 1.10 bits per heavy atom. The van der Waals surface area contributed by atoms with Crippen LogP contribution in [0.4, 0.5) is 0 Å². The molecule has 0 aliphatic heterocycles. The molecule has 0 saturated carbocycles. The van der Waals surface area contributed by atoms with E-state index in [1.807, 2.05) is 0 Å². The van der Waals surface area contributed by atoms with Crippen molar-refractivity contribution >= 4 is 58.3 Å². The summed E-state index contributed by atoms with van der Waals surface area (Å²) in [5, 5.41) is -0.864. The largest absolute Gasteiger partial charge is 0.420 e. The molecule has 0 N–H and O–H groups in total. The van der Waals surface area contributed by atoms with Crippen LogP contribution in [0.25, 0.3) is 0 Å². The highest BCUT2D eigenvalue weighted by Gasteiger charge is 2.25. The monoisotopic (exact) mass is 354 g/mol. The molecular weight excluding hydrogens is 350 g/mol. The van der Waals surface area contributed by atoms with Crippen molar-refractivity contribution < 1.29 is 19.1 Å². The van der Waals surface area contributed by atoms with Crippen molar-refractivity contribution in [2.45, 2.75) is 0 Å². The highest BCUT2D eigenvalue weighted by molar-refractivity contribution is 6.51. The predicted octanol–water partition coefficient (Wildman–Crippen LogP) is 4.48. The number of ether oxygens (including phenoxy) is 2. The van der Waals surface area contributed by atoms with Crippen molar-refractivity contribution in [3.63, 3.8) is 0 Å². The standard InChI is InChI=1S/C12H6Cl4O4/c1-3-5(17)19-11-8(14)7(13)9(15)12(10(11)16)20-6(18)4-2/h3-4H,1-2H2. The van der Waals surface area contributed by atoms with Gasteiger partial charge in [-0.2, -0.15) is 0 Å². The van der Waals surface area contributed by atoms with Crippen LogP contribution in [-0.4, -0.2) is 11.9 Å². The molecule has 20 heavy (non-hydrogen) atoms. The lowest BCUT2D eigenvalue weighted by Crippen LogP contribution is -2.08. The summed E-state index contributed by atoms with van der Waals surface area (Å²) in [6.07, 6.45) is 1.79. The Balaban J connectivity index is 3.45. The summed E-state index contributed by atoms with van der Waals surface area (Å²) in [4.78, 5) is 22.4. The van der Waals surface area contributed by atoms with Gasteiger partial charge < -0.3 is 9.47 Å². The second-order valence-electron chi connectivity index (χ2n) is 3.16. The fourth-order valence-electron chi connectivity index (χ4n) is 1.06. The third kappa shape index (κ3) is 3.46. The van der Waals surface area contributed by atoms with Gasteiger partial charge in [-0.15, -0.1) is 0 Å². The van der Waals surface area contributed by atoms with E-state index < -0.39 is 11.9 Å². The topological polar surface area (TPSA) is 52.6 Å². The fourth-order valence-corrected chi connectivity index (χ4v) is 2.09. The molecule has 0 spiro atoms. The number of carbonyl (C=O) groups is 2. The van der Waals surface area contributed by atoms with Crippen LogP contribution in [0.5, 0.6) is 11.5 Å². The number of esters is 2. The van der Waals surface area contributed by atoms with Crippen molar-refractivity contribution in [1.29, 1.82) is 0 Å². The van der Waals surface area contributed by atoms with Gasteiger partial charge in [-0.05, 0) is 0 Å². The molecule has 0 amide bonds. The molecule has 4 nitrogen and oxygen atoms in total. The van der Waals surface area contributed by atoms with E-state index in [1.54, 1.807) is 0 Å². The first-order valence-electron chi connectivity index (χ1n) is 4.87. The van der Waals surface area contributed by atoms with E-state index in [2.05, 4.69) is 13.2 Å². The van der Waals surface area contributed by atoms with Gasteiger partial charge in [0, 0.05) is 12.2 Å². The lowest BCUT2D eigenvalue weighted by atomic mass is 10.3. The quantitative estimate of drug-likeness (QED) is 0.262. The van der Waals surface area contributed by atoms with Crippen LogP contribution in [0.15, 0.2) is 25.3 Å². The minimum atomic E-state index is -0.826. The molecule has 0 saturated heterocycles. The minimum absolute atomic E-state index is 0.184.